The van der Waals surface area contributed by atoms with E-state index in [1.54, 1.807) is 13.8 Å². The Morgan fingerprint density at radius 1 is 0.643 bits per heavy atom. The first kappa shape index (κ1) is 29.5. The molecule has 1 unspecified atom stereocenters. The molecular weight excluding hydrogens is 585 g/mol. The van der Waals surface area contributed by atoms with Crippen molar-refractivity contribution in [3.05, 3.63) is 130 Å². The minimum atomic E-state index is -5.65. The van der Waals surface area contributed by atoms with Crippen LogP contribution in [0.1, 0.15) is 70.6 Å². The molecule has 0 N–H and O–H groups in total. The maximum atomic E-state index is 13.7. The van der Waals surface area contributed by atoms with Crippen LogP contribution in [0.5, 0.6) is 0 Å². The zero-order valence-electron chi connectivity index (χ0n) is 22.9. The maximum absolute atomic E-state index is 13.7. The van der Waals surface area contributed by atoms with Gasteiger partial charge in [-0.05, 0) is 0 Å². The zero-order valence-corrected chi connectivity index (χ0v) is 24.5. The fraction of sp³-hybridized carbons (Fsp3) is 0.219. The van der Waals surface area contributed by atoms with Gasteiger partial charge in [0.05, 0.1) is 0 Å². The molecule has 0 radical (unpaired) electrons. The number of rotatable bonds is 7. The molecule has 5 rings (SSSR count). The fourth-order valence-electron chi connectivity index (χ4n) is 5.40. The predicted octanol–water partition coefficient (Wildman–Crippen LogP) is 7.88. The van der Waals surface area contributed by atoms with Crippen molar-refractivity contribution in [3.8, 4) is 0 Å². The van der Waals surface area contributed by atoms with Gasteiger partial charge < -0.3 is 0 Å². The standard InChI is InChI=1S/C11H15.3C7H5FO2.Ti/c1-8-7-10-5-3-4-6-11(10)9(8)2;3*8-6-3-1-5(2-4-6)7(9)10;/h7H,3-6H2,1-2H3;3*1-4H,(H,9,10);/q;;;;+3/p-3. The fourth-order valence-corrected chi connectivity index (χ4v) is 10.1. The van der Waals surface area contributed by atoms with Crippen LogP contribution in [0, 0.1) is 17.5 Å². The van der Waals surface area contributed by atoms with Crippen LogP contribution >= 0.6 is 0 Å². The molecule has 0 saturated heterocycles. The van der Waals surface area contributed by atoms with E-state index in [-0.39, 0.29) is 16.7 Å². The number of halogens is 3. The van der Waals surface area contributed by atoms with Gasteiger partial charge in [-0.2, -0.15) is 0 Å². The molecule has 6 nitrogen and oxygen atoms in total. The van der Waals surface area contributed by atoms with E-state index in [1.165, 1.54) is 36.4 Å². The average molecular weight is 612 g/mol. The van der Waals surface area contributed by atoms with E-state index in [9.17, 15) is 27.6 Å². The Kier molecular flexibility index (Phi) is 8.26. The molecule has 2 aliphatic carbocycles. The third kappa shape index (κ3) is 5.59. The molecule has 42 heavy (non-hydrogen) atoms. The van der Waals surface area contributed by atoms with E-state index in [2.05, 4.69) is 0 Å². The third-order valence-corrected chi connectivity index (χ3v) is 13.0. The van der Waals surface area contributed by atoms with Crippen molar-refractivity contribution in [2.24, 2.45) is 0 Å². The van der Waals surface area contributed by atoms with Crippen LogP contribution in [0.3, 0.4) is 0 Å². The number of benzene rings is 3. The molecule has 0 saturated carbocycles. The molecular formula is C32H27F3O6Ti. The molecule has 1 atom stereocenters. The Morgan fingerprint density at radius 2 is 1.00 bits per heavy atom. The van der Waals surface area contributed by atoms with Crippen LogP contribution in [0.4, 0.5) is 13.2 Å². The van der Waals surface area contributed by atoms with Crippen molar-refractivity contribution in [1.82, 2.24) is 0 Å². The first-order valence-corrected chi connectivity index (χ1v) is 16.1. The van der Waals surface area contributed by atoms with Gasteiger partial charge in [0.1, 0.15) is 0 Å². The Bertz CT molecular complexity index is 1450. The van der Waals surface area contributed by atoms with Crippen molar-refractivity contribution in [2.75, 3.05) is 0 Å². The van der Waals surface area contributed by atoms with Gasteiger partial charge in [-0.15, -0.1) is 0 Å². The summed E-state index contributed by atoms with van der Waals surface area (Å²) in [6, 6.07) is 13.7. The molecule has 0 aromatic heterocycles. The van der Waals surface area contributed by atoms with E-state index < -0.39 is 56.8 Å². The van der Waals surface area contributed by atoms with E-state index in [1.807, 2.05) is 6.08 Å². The first-order valence-electron chi connectivity index (χ1n) is 13.4. The number of hydrogen-bond donors (Lipinski definition) is 0. The quantitative estimate of drug-likeness (QED) is 0.253. The van der Waals surface area contributed by atoms with Crippen molar-refractivity contribution >= 4 is 17.9 Å². The molecule has 0 heterocycles. The van der Waals surface area contributed by atoms with Gasteiger partial charge in [-0.1, -0.05) is 0 Å². The molecule has 10 heteroatoms. The van der Waals surface area contributed by atoms with Gasteiger partial charge in [0, 0.05) is 0 Å². The third-order valence-electron chi connectivity index (χ3n) is 7.83. The van der Waals surface area contributed by atoms with Crippen LogP contribution in [0.2, 0.25) is 3.72 Å². The molecule has 0 amide bonds. The number of hydrogen-bond acceptors (Lipinski definition) is 6. The zero-order chi connectivity index (χ0) is 30.1. The summed E-state index contributed by atoms with van der Waals surface area (Å²) in [6.07, 6.45) is 5.02. The number of allylic oxidation sites excluding steroid dienone is 4. The van der Waals surface area contributed by atoms with Crippen molar-refractivity contribution < 1.29 is 55.3 Å². The molecule has 0 spiro atoms. The van der Waals surface area contributed by atoms with Crippen molar-refractivity contribution in [3.63, 3.8) is 0 Å². The minimum absolute atomic E-state index is 0.0526. The Balaban J connectivity index is 1.68. The summed E-state index contributed by atoms with van der Waals surface area (Å²) >= 11 is -5.65. The first-order chi connectivity index (χ1) is 20.0. The van der Waals surface area contributed by atoms with Gasteiger partial charge in [-0.25, -0.2) is 0 Å². The van der Waals surface area contributed by atoms with Gasteiger partial charge in [0.2, 0.25) is 0 Å². The van der Waals surface area contributed by atoms with Gasteiger partial charge in [0.25, 0.3) is 0 Å². The summed E-state index contributed by atoms with van der Waals surface area (Å²) in [6.45, 7) is 3.53. The molecule has 216 valence electrons. The van der Waals surface area contributed by atoms with Crippen LogP contribution in [0.25, 0.3) is 0 Å². The summed E-state index contributed by atoms with van der Waals surface area (Å²) in [5.41, 5.74) is 2.36. The molecule has 3 aromatic rings. The van der Waals surface area contributed by atoms with Crippen LogP contribution in [0.15, 0.2) is 95.6 Å². The van der Waals surface area contributed by atoms with Gasteiger partial charge in [-0.3, -0.25) is 0 Å². The van der Waals surface area contributed by atoms with Gasteiger partial charge in [0.15, 0.2) is 0 Å². The van der Waals surface area contributed by atoms with Crippen LogP contribution in [-0.4, -0.2) is 17.9 Å². The second-order valence-electron chi connectivity index (χ2n) is 10.4. The Morgan fingerprint density at radius 3 is 1.38 bits per heavy atom. The monoisotopic (exact) mass is 612 g/mol. The number of carbonyl (C=O) groups is 3. The normalized spacial score (nSPS) is 18.2. The summed E-state index contributed by atoms with van der Waals surface area (Å²) < 4.78 is 58.0. The Hall–Kier alpha value is -3.95. The predicted molar refractivity (Wildman–Crippen MR) is 143 cm³/mol. The summed E-state index contributed by atoms with van der Waals surface area (Å²) in [5, 5.41) is 0. The van der Waals surface area contributed by atoms with Crippen LogP contribution in [-0.2, 0) is 27.7 Å². The molecule has 2 aliphatic rings. The molecule has 0 aliphatic heterocycles. The van der Waals surface area contributed by atoms with Gasteiger partial charge >= 0.3 is 246 Å². The van der Waals surface area contributed by atoms with Crippen molar-refractivity contribution in [2.45, 2.75) is 43.3 Å². The summed E-state index contributed by atoms with van der Waals surface area (Å²) in [5.74, 6) is -4.68. The summed E-state index contributed by atoms with van der Waals surface area (Å²) in [7, 11) is 0. The topological polar surface area (TPSA) is 78.9 Å². The second kappa shape index (κ2) is 11.7. The molecule has 0 fully saturated rings. The van der Waals surface area contributed by atoms with E-state index in [4.69, 9.17) is 9.96 Å². The van der Waals surface area contributed by atoms with E-state index in [0.717, 1.165) is 66.8 Å². The SMILES string of the molecule is CC1=CC2=C(CCCC2)[C]1(C)[Ti]([O]C(=O)c1ccc(F)cc1)([O]C(=O)c1ccc(F)cc1)[O]C(=O)c1ccc(F)cc1. The Labute approximate surface area is 245 Å². The number of carbonyl (C=O) groups excluding carboxylic acids is 3. The second-order valence-corrected chi connectivity index (χ2v) is 14.7. The summed E-state index contributed by atoms with van der Waals surface area (Å²) in [4.78, 5) is 40.9. The van der Waals surface area contributed by atoms with Crippen molar-refractivity contribution in [1.29, 1.82) is 0 Å². The van der Waals surface area contributed by atoms with Crippen LogP contribution < -0.4 is 0 Å². The van der Waals surface area contributed by atoms with E-state index >= 15 is 0 Å². The molecule has 3 aromatic carbocycles. The average Bonchev–Trinajstić information content (AvgIpc) is 3.24. The van der Waals surface area contributed by atoms with E-state index in [0.29, 0.717) is 12.0 Å². The molecule has 0 bridgehead atoms.